The first kappa shape index (κ1) is 18.2. The smallest absolute Gasteiger partial charge is 0.332 e. The van der Waals surface area contributed by atoms with Gasteiger partial charge in [-0.2, -0.15) is 0 Å². The Hall–Kier alpha value is -3.56. The molecule has 1 N–H and O–H groups in total. The van der Waals surface area contributed by atoms with E-state index < -0.39 is 11.2 Å². The maximum absolute atomic E-state index is 12.5. The summed E-state index contributed by atoms with van der Waals surface area (Å²) in [6.07, 6.45) is 1.36. The number of ether oxygens (including phenoxy) is 2. The van der Waals surface area contributed by atoms with Crippen LogP contribution in [0.4, 0.5) is 5.69 Å². The number of aryl methyl sites for hydroxylation is 1. The van der Waals surface area contributed by atoms with Gasteiger partial charge in [0.1, 0.15) is 23.7 Å². The van der Waals surface area contributed by atoms with Gasteiger partial charge in [-0.15, -0.1) is 0 Å². The molecule has 3 rings (SSSR count). The van der Waals surface area contributed by atoms with Crippen molar-refractivity contribution < 1.29 is 14.3 Å². The van der Waals surface area contributed by atoms with E-state index in [0.29, 0.717) is 17.2 Å². The van der Waals surface area contributed by atoms with Crippen molar-refractivity contribution in [2.75, 3.05) is 19.5 Å². The van der Waals surface area contributed by atoms with Crippen LogP contribution in [0, 0.1) is 0 Å². The molecule has 0 fully saturated rings. The monoisotopic (exact) mass is 373 g/mol. The maximum Gasteiger partial charge on any atom is 0.332 e. The highest BCUT2D eigenvalue weighted by Crippen LogP contribution is 2.25. The van der Waals surface area contributed by atoms with E-state index in [4.69, 9.17) is 9.47 Å². The standard InChI is InChI=1S/C17H19N5O5/c1-20-15-14(16(24)21(2)17(20)25)18-9-22(15)8-13(23)19-10-5-11(26-3)7-12(6-10)27-4/h5-7,9H,8H2,1-4H3,(H,19,23). The third-order valence-corrected chi connectivity index (χ3v) is 4.16. The summed E-state index contributed by atoms with van der Waals surface area (Å²) < 4.78 is 14.1. The molecule has 0 unspecified atom stereocenters. The fourth-order valence-electron chi connectivity index (χ4n) is 2.79. The number of hydrogen-bond acceptors (Lipinski definition) is 6. The van der Waals surface area contributed by atoms with Gasteiger partial charge in [0, 0.05) is 38.0 Å². The van der Waals surface area contributed by atoms with Crippen molar-refractivity contribution in [2.45, 2.75) is 6.54 Å². The number of anilines is 1. The quantitative estimate of drug-likeness (QED) is 0.679. The second-order valence-electron chi connectivity index (χ2n) is 5.90. The maximum atomic E-state index is 12.5. The van der Waals surface area contributed by atoms with Gasteiger partial charge >= 0.3 is 5.69 Å². The molecule has 1 amide bonds. The highest BCUT2D eigenvalue weighted by Gasteiger charge is 2.16. The highest BCUT2D eigenvalue weighted by molar-refractivity contribution is 5.91. The first-order valence-electron chi connectivity index (χ1n) is 7.99. The number of amides is 1. The molecule has 0 atom stereocenters. The molecular formula is C17H19N5O5. The molecule has 2 aromatic heterocycles. The van der Waals surface area contributed by atoms with E-state index in [2.05, 4.69) is 10.3 Å². The largest absolute Gasteiger partial charge is 0.497 e. The molecule has 142 valence electrons. The van der Waals surface area contributed by atoms with Gasteiger partial charge in [0.15, 0.2) is 5.52 Å². The second-order valence-corrected chi connectivity index (χ2v) is 5.90. The number of imidazole rings is 1. The second kappa shape index (κ2) is 6.98. The predicted octanol–water partition coefficient (Wildman–Crippen LogP) is 0.0896. The van der Waals surface area contributed by atoms with E-state index in [9.17, 15) is 14.4 Å². The summed E-state index contributed by atoms with van der Waals surface area (Å²) in [5.41, 5.74) is -0.112. The predicted molar refractivity (Wildman–Crippen MR) is 98.4 cm³/mol. The third kappa shape index (κ3) is 3.28. The van der Waals surface area contributed by atoms with E-state index in [-0.39, 0.29) is 23.6 Å². The number of nitrogens with one attached hydrogen (secondary N) is 1. The summed E-state index contributed by atoms with van der Waals surface area (Å²) in [6.45, 7) is -0.128. The molecule has 3 aromatic rings. The molecule has 0 saturated carbocycles. The Bertz CT molecular complexity index is 1120. The number of benzene rings is 1. The van der Waals surface area contributed by atoms with Crippen LogP contribution in [0.15, 0.2) is 34.1 Å². The van der Waals surface area contributed by atoms with Crippen LogP contribution in [-0.2, 0) is 25.4 Å². The summed E-state index contributed by atoms with van der Waals surface area (Å²) in [4.78, 5) is 40.8. The molecular weight excluding hydrogens is 354 g/mol. The average Bonchev–Trinajstić information content (AvgIpc) is 3.07. The van der Waals surface area contributed by atoms with Crippen molar-refractivity contribution in [3.63, 3.8) is 0 Å². The summed E-state index contributed by atoms with van der Waals surface area (Å²) in [5, 5.41) is 2.74. The minimum absolute atomic E-state index is 0.121. The van der Waals surface area contributed by atoms with E-state index in [1.165, 1.54) is 43.8 Å². The molecule has 10 heteroatoms. The van der Waals surface area contributed by atoms with Gasteiger partial charge in [-0.05, 0) is 0 Å². The molecule has 0 radical (unpaired) electrons. The number of carbonyl (C=O) groups excluding carboxylic acids is 1. The zero-order valence-electron chi connectivity index (χ0n) is 15.3. The van der Waals surface area contributed by atoms with E-state index in [1.807, 2.05) is 0 Å². The molecule has 0 aliphatic rings. The first-order valence-corrected chi connectivity index (χ1v) is 7.99. The number of hydrogen-bond donors (Lipinski definition) is 1. The van der Waals surface area contributed by atoms with Crippen LogP contribution < -0.4 is 26.0 Å². The Morgan fingerprint density at radius 2 is 1.70 bits per heavy atom. The lowest BCUT2D eigenvalue weighted by Gasteiger charge is -2.11. The Morgan fingerprint density at radius 3 is 2.30 bits per heavy atom. The van der Waals surface area contributed by atoms with Gasteiger partial charge in [-0.1, -0.05) is 0 Å². The van der Waals surface area contributed by atoms with Crippen LogP contribution in [-0.4, -0.2) is 38.8 Å². The van der Waals surface area contributed by atoms with Gasteiger partial charge < -0.3 is 19.4 Å². The normalized spacial score (nSPS) is 10.8. The number of carbonyl (C=O) groups is 1. The number of methoxy groups -OCH3 is 2. The highest BCUT2D eigenvalue weighted by atomic mass is 16.5. The van der Waals surface area contributed by atoms with Crippen LogP contribution in [0.2, 0.25) is 0 Å². The number of rotatable bonds is 5. The van der Waals surface area contributed by atoms with Crippen LogP contribution in [0.3, 0.4) is 0 Å². The fraction of sp³-hybridized carbons (Fsp3) is 0.294. The minimum Gasteiger partial charge on any atom is -0.497 e. The van der Waals surface area contributed by atoms with Crippen molar-refractivity contribution >= 4 is 22.8 Å². The summed E-state index contributed by atoms with van der Waals surface area (Å²) >= 11 is 0. The minimum atomic E-state index is -0.509. The topological polar surface area (TPSA) is 109 Å². The first-order chi connectivity index (χ1) is 12.8. The molecule has 0 aliphatic carbocycles. The molecule has 0 spiro atoms. The summed E-state index contributed by atoms with van der Waals surface area (Å²) in [7, 11) is 5.93. The van der Waals surface area contributed by atoms with E-state index in [0.717, 1.165) is 4.57 Å². The van der Waals surface area contributed by atoms with Gasteiger partial charge in [0.2, 0.25) is 5.91 Å². The van der Waals surface area contributed by atoms with Crippen molar-refractivity contribution in [1.82, 2.24) is 18.7 Å². The summed E-state index contributed by atoms with van der Waals surface area (Å²) in [6, 6.07) is 4.99. The Morgan fingerprint density at radius 1 is 1.07 bits per heavy atom. The Kier molecular flexibility index (Phi) is 4.72. The van der Waals surface area contributed by atoms with E-state index in [1.54, 1.807) is 18.2 Å². The van der Waals surface area contributed by atoms with Crippen molar-refractivity contribution in [1.29, 1.82) is 0 Å². The van der Waals surface area contributed by atoms with Gasteiger partial charge in [0.05, 0.1) is 20.5 Å². The van der Waals surface area contributed by atoms with Gasteiger partial charge in [0.25, 0.3) is 5.56 Å². The van der Waals surface area contributed by atoms with Crippen molar-refractivity contribution in [3.8, 4) is 11.5 Å². The van der Waals surface area contributed by atoms with Gasteiger partial charge in [-0.25, -0.2) is 9.78 Å². The van der Waals surface area contributed by atoms with Crippen molar-refractivity contribution in [2.24, 2.45) is 14.1 Å². The molecule has 0 aliphatic heterocycles. The van der Waals surface area contributed by atoms with Crippen LogP contribution in [0.1, 0.15) is 0 Å². The molecule has 1 aromatic carbocycles. The van der Waals surface area contributed by atoms with Crippen molar-refractivity contribution in [3.05, 3.63) is 45.4 Å². The average molecular weight is 373 g/mol. The van der Waals surface area contributed by atoms with Gasteiger partial charge in [-0.3, -0.25) is 18.7 Å². The number of fused-ring (bicyclic) bond motifs is 1. The Balaban J connectivity index is 1.92. The lowest BCUT2D eigenvalue weighted by molar-refractivity contribution is -0.116. The lowest BCUT2D eigenvalue weighted by Crippen LogP contribution is -2.37. The molecule has 0 bridgehead atoms. The lowest BCUT2D eigenvalue weighted by atomic mass is 10.2. The zero-order chi connectivity index (χ0) is 19.7. The van der Waals surface area contributed by atoms with Crippen LogP contribution in [0.5, 0.6) is 11.5 Å². The molecule has 10 nitrogen and oxygen atoms in total. The van der Waals surface area contributed by atoms with E-state index >= 15 is 0 Å². The van der Waals surface area contributed by atoms with Crippen LogP contribution >= 0.6 is 0 Å². The molecule has 0 saturated heterocycles. The molecule has 27 heavy (non-hydrogen) atoms. The summed E-state index contributed by atoms with van der Waals surface area (Å²) in [5.74, 6) is 0.699. The number of nitrogens with zero attached hydrogens (tertiary/aromatic N) is 4. The number of aromatic nitrogens is 4. The third-order valence-electron chi connectivity index (χ3n) is 4.16. The zero-order valence-corrected chi connectivity index (χ0v) is 15.3. The fourth-order valence-corrected chi connectivity index (χ4v) is 2.79. The SMILES string of the molecule is COc1cc(NC(=O)Cn2cnc3c(=O)n(C)c(=O)n(C)c32)cc(OC)c1. The van der Waals surface area contributed by atoms with Crippen LogP contribution in [0.25, 0.3) is 11.2 Å². The Labute approximate surface area is 153 Å². The molecule has 2 heterocycles.